The second-order valence-corrected chi connectivity index (χ2v) is 7.89. The Morgan fingerprint density at radius 1 is 1.06 bits per heavy atom. The Bertz CT molecular complexity index is 1120. The fourth-order valence-electron chi connectivity index (χ4n) is 3.84. The van der Waals surface area contributed by atoms with Gasteiger partial charge in [0.1, 0.15) is 23.6 Å². The lowest BCUT2D eigenvalue weighted by molar-refractivity contribution is 0.0454. The molecule has 162 valence electrons. The van der Waals surface area contributed by atoms with E-state index in [1.807, 2.05) is 42.5 Å². The summed E-state index contributed by atoms with van der Waals surface area (Å²) >= 11 is 0. The first kappa shape index (κ1) is 21.1. The van der Waals surface area contributed by atoms with E-state index in [1.165, 1.54) is 0 Å². The summed E-state index contributed by atoms with van der Waals surface area (Å²) in [6.45, 7) is 3.56. The lowest BCUT2D eigenvalue weighted by atomic mass is 9.88. The number of pyridine rings is 1. The second kappa shape index (κ2) is 9.31. The predicted molar refractivity (Wildman–Crippen MR) is 119 cm³/mol. The molecule has 1 saturated heterocycles. The average Bonchev–Trinajstić information content (AvgIpc) is 2.81. The molecular weight excluding hydrogens is 396 g/mol. The monoisotopic (exact) mass is 422 g/mol. The van der Waals surface area contributed by atoms with Crippen LogP contribution < -0.4 is 14.9 Å². The smallest absolute Gasteiger partial charge is 0.192 e. The molecule has 7 nitrogen and oxygen atoms in total. The van der Waals surface area contributed by atoms with Gasteiger partial charge in [-0.3, -0.25) is 4.79 Å². The summed E-state index contributed by atoms with van der Waals surface area (Å²) in [7, 11) is 0. The van der Waals surface area contributed by atoms with Gasteiger partial charge in [-0.25, -0.2) is 0 Å². The summed E-state index contributed by atoms with van der Waals surface area (Å²) in [5.74, 6) is 1.30. The zero-order valence-corrected chi connectivity index (χ0v) is 17.6. The number of nitrogens with zero attached hydrogens (tertiary/aromatic N) is 1. The summed E-state index contributed by atoms with van der Waals surface area (Å²) in [5, 5.41) is 4.04. The zero-order chi connectivity index (χ0) is 21.7. The first-order chi connectivity index (χ1) is 15.1. The van der Waals surface area contributed by atoms with Crippen LogP contribution in [0.3, 0.4) is 0 Å². The Morgan fingerprint density at radius 2 is 1.81 bits per heavy atom. The SMILES string of the molecule is Cc1c(COc2cccc(OCCC3(N=O)CCOCC3)c2)[nH]c2ccccc2c1=O. The molecule has 0 aliphatic carbocycles. The van der Waals surface area contributed by atoms with Crippen molar-refractivity contribution in [2.45, 2.75) is 38.3 Å². The molecule has 0 amide bonds. The predicted octanol–water partition coefficient (Wildman–Crippen LogP) is 4.50. The number of aromatic nitrogens is 1. The van der Waals surface area contributed by atoms with Crippen LogP contribution in [0.25, 0.3) is 10.9 Å². The highest BCUT2D eigenvalue weighted by molar-refractivity contribution is 5.79. The molecule has 3 aromatic rings. The van der Waals surface area contributed by atoms with Crippen molar-refractivity contribution >= 4 is 10.9 Å². The molecule has 31 heavy (non-hydrogen) atoms. The first-order valence-electron chi connectivity index (χ1n) is 10.5. The molecule has 1 N–H and O–H groups in total. The Balaban J connectivity index is 1.39. The van der Waals surface area contributed by atoms with Crippen LogP contribution in [0.4, 0.5) is 0 Å². The fourth-order valence-corrected chi connectivity index (χ4v) is 3.84. The number of H-pyrrole nitrogens is 1. The van der Waals surface area contributed by atoms with E-state index in [4.69, 9.17) is 14.2 Å². The lowest BCUT2D eigenvalue weighted by Gasteiger charge is -2.30. The minimum Gasteiger partial charge on any atom is -0.493 e. The summed E-state index contributed by atoms with van der Waals surface area (Å²) < 4.78 is 17.1. The van der Waals surface area contributed by atoms with Crippen LogP contribution in [0.5, 0.6) is 11.5 Å². The standard InChI is InChI=1S/C24H26N2O5/c1-17-22(25-21-8-3-2-7-20(21)23(17)27)16-31-19-6-4-5-18(15-19)30-14-11-24(26-28)9-12-29-13-10-24/h2-8,15H,9-14,16H2,1H3,(H,25,27). The molecule has 1 aliphatic rings. The van der Waals surface area contributed by atoms with Crippen molar-refractivity contribution < 1.29 is 14.2 Å². The molecule has 0 saturated carbocycles. The number of aromatic amines is 1. The number of para-hydroxylation sites is 1. The van der Waals surface area contributed by atoms with Crippen molar-refractivity contribution in [3.63, 3.8) is 0 Å². The van der Waals surface area contributed by atoms with Gasteiger partial charge in [-0.2, -0.15) is 4.91 Å². The third-order valence-electron chi connectivity index (χ3n) is 5.89. The van der Waals surface area contributed by atoms with Gasteiger partial charge in [-0.05, 0) is 44.0 Å². The molecular formula is C24H26N2O5. The summed E-state index contributed by atoms with van der Waals surface area (Å²) in [6.07, 6.45) is 1.82. The van der Waals surface area contributed by atoms with Crippen molar-refractivity contribution in [3.8, 4) is 11.5 Å². The van der Waals surface area contributed by atoms with Crippen molar-refractivity contribution in [1.29, 1.82) is 0 Å². The van der Waals surface area contributed by atoms with Crippen LogP contribution in [0, 0.1) is 11.8 Å². The highest BCUT2D eigenvalue weighted by atomic mass is 16.5. The van der Waals surface area contributed by atoms with Crippen molar-refractivity contribution in [1.82, 2.24) is 4.98 Å². The molecule has 0 atom stereocenters. The van der Waals surface area contributed by atoms with Gasteiger partial charge in [0, 0.05) is 42.2 Å². The van der Waals surface area contributed by atoms with E-state index in [-0.39, 0.29) is 12.0 Å². The molecule has 7 heteroatoms. The van der Waals surface area contributed by atoms with Crippen LogP contribution in [-0.2, 0) is 11.3 Å². The van der Waals surface area contributed by atoms with Gasteiger partial charge >= 0.3 is 0 Å². The van der Waals surface area contributed by atoms with E-state index in [0.717, 1.165) is 11.2 Å². The minimum absolute atomic E-state index is 0.0101. The van der Waals surface area contributed by atoms with Crippen LogP contribution in [-0.4, -0.2) is 30.3 Å². The normalized spacial score (nSPS) is 15.5. The molecule has 0 unspecified atom stereocenters. The molecule has 0 bridgehead atoms. The maximum atomic E-state index is 12.6. The van der Waals surface area contributed by atoms with Crippen LogP contribution in [0.2, 0.25) is 0 Å². The Labute approximate surface area is 180 Å². The number of nitroso groups, excluding NO2 is 1. The fraction of sp³-hybridized carbons (Fsp3) is 0.375. The van der Waals surface area contributed by atoms with E-state index < -0.39 is 5.54 Å². The first-order valence-corrected chi connectivity index (χ1v) is 10.5. The highest BCUT2D eigenvalue weighted by Gasteiger charge is 2.34. The Morgan fingerprint density at radius 3 is 2.58 bits per heavy atom. The van der Waals surface area contributed by atoms with Gasteiger partial charge in [0.25, 0.3) is 0 Å². The number of benzene rings is 2. The van der Waals surface area contributed by atoms with E-state index in [0.29, 0.717) is 61.5 Å². The number of fused-ring (bicyclic) bond motifs is 1. The summed E-state index contributed by atoms with van der Waals surface area (Å²) in [6, 6.07) is 14.8. The molecule has 2 heterocycles. The second-order valence-electron chi connectivity index (χ2n) is 7.89. The maximum absolute atomic E-state index is 12.6. The molecule has 1 aromatic heterocycles. The lowest BCUT2D eigenvalue weighted by Crippen LogP contribution is -2.35. The molecule has 0 spiro atoms. The van der Waals surface area contributed by atoms with E-state index in [2.05, 4.69) is 10.2 Å². The Kier molecular flexibility index (Phi) is 6.32. The van der Waals surface area contributed by atoms with E-state index >= 15 is 0 Å². The highest BCUT2D eigenvalue weighted by Crippen LogP contribution is 2.29. The number of ether oxygens (including phenoxy) is 3. The largest absolute Gasteiger partial charge is 0.493 e. The summed E-state index contributed by atoms with van der Waals surface area (Å²) in [4.78, 5) is 27.2. The number of hydrogen-bond donors (Lipinski definition) is 1. The van der Waals surface area contributed by atoms with E-state index in [1.54, 1.807) is 13.0 Å². The van der Waals surface area contributed by atoms with Gasteiger partial charge in [0.15, 0.2) is 5.43 Å². The topological polar surface area (TPSA) is 90.0 Å². The van der Waals surface area contributed by atoms with Crippen LogP contribution in [0.1, 0.15) is 30.5 Å². The third kappa shape index (κ3) is 4.77. The van der Waals surface area contributed by atoms with Gasteiger partial charge in [-0.15, -0.1) is 0 Å². The van der Waals surface area contributed by atoms with Crippen LogP contribution >= 0.6 is 0 Å². The maximum Gasteiger partial charge on any atom is 0.192 e. The quantitative estimate of drug-likeness (QED) is 0.540. The summed E-state index contributed by atoms with van der Waals surface area (Å²) in [5.41, 5.74) is 1.60. The molecule has 0 radical (unpaired) electrons. The average molecular weight is 422 g/mol. The third-order valence-corrected chi connectivity index (χ3v) is 5.89. The molecule has 4 rings (SSSR count). The number of nitrogens with one attached hydrogen (secondary N) is 1. The zero-order valence-electron chi connectivity index (χ0n) is 17.6. The number of hydrogen-bond acceptors (Lipinski definition) is 6. The van der Waals surface area contributed by atoms with Crippen molar-refractivity contribution in [3.05, 3.63) is 74.9 Å². The van der Waals surface area contributed by atoms with Gasteiger partial charge < -0.3 is 19.2 Å². The Hall–Kier alpha value is -3.19. The minimum atomic E-state index is -0.591. The van der Waals surface area contributed by atoms with Gasteiger partial charge in [0.05, 0.1) is 12.3 Å². The van der Waals surface area contributed by atoms with Crippen molar-refractivity contribution in [2.24, 2.45) is 5.18 Å². The molecule has 1 fully saturated rings. The van der Waals surface area contributed by atoms with E-state index in [9.17, 15) is 9.70 Å². The number of rotatable bonds is 8. The van der Waals surface area contributed by atoms with Crippen LogP contribution in [0.15, 0.2) is 58.5 Å². The van der Waals surface area contributed by atoms with Crippen molar-refractivity contribution in [2.75, 3.05) is 19.8 Å². The van der Waals surface area contributed by atoms with Gasteiger partial charge in [0.2, 0.25) is 0 Å². The molecule has 1 aliphatic heterocycles. The van der Waals surface area contributed by atoms with Gasteiger partial charge in [-0.1, -0.05) is 23.4 Å². The molecule has 2 aromatic carbocycles.